The molecule has 7 nitrogen and oxygen atoms in total. The van der Waals surface area contributed by atoms with E-state index < -0.39 is 0 Å². The number of nitrogens with zero attached hydrogens (tertiary/aromatic N) is 4. The summed E-state index contributed by atoms with van der Waals surface area (Å²) in [6.07, 6.45) is 1.39. The fraction of sp³-hybridized carbons (Fsp3) is 0.154. The maximum atomic E-state index is 8.95. The molecule has 0 aliphatic heterocycles. The molecule has 0 fully saturated rings. The van der Waals surface area contributed by atoms with Crippen LogP contribution in [-0.4, -0.2) is 24.1 Å². The predicted octanol–water partition coefficient (Wildman–Crippen LogP) is 1.41. The largest absolute Gasteiger partial charge is 0.490 e. The van der Waals surface area contributed by atoms with Gasteiger partial charge >= 0.3 is 0 Å². The van der Waals surface area contributed by atoms with Gasteiger partial charge in [-0.05, 0) is 18.2 Å². The second kappa shape index (κ2) is 5.86. The van der Waals surface area contributed by atoms with Crippen LogP contribution in [0, 0.1) is 11.3 Å². The maximum Gasteiger partial charge on any atom is 0.206 e. The van der Waals surface area contributed by atoms with Gasteiger partial charge in [-0.1, -0.05) is 6.07 Å². The first-order chi connectivity index (χ1) is 9.71. The van der Waals surface area contributed by atoms with E-state index in [0.29, 0.717) is 22.9 Å². The highest BCUT2D eigenvalue weighted by Gasteiger charge is 2.16. The van der Waals surface area contributed by atoms with Gasteiger partial charge in [-0.2, -0.15) is 5.26 Å². The molecule has 7 heteroatoms. The zero-order chi connectivity index (χ0) is 14.5. The molecule has 0 bridgehead atoms. The molecule has 1 aromatic heterocycles. The molecule has 0 unspecified atom stereocenters. The first-order valence-corrected chi connectivity index (χ1v) is 5.80. The molecule has 0 saturated carbocycles. The molecule has 1 aromatic carbocycles. The molecule has 0 radical (unpaired) electrons. The second-order valence-electron chi connectivity index (χ2n) is 3.94. The fourth-order valence-corrected chi connectivity index (χ4v) is 1.80. The van der Waals surface area contributed by atoms with Crippen molar-refractivity contribution in [3.63, 3.8) is 0 Å². The van der Waals surface area contributed by atoms with Crippen LogP contribution in [0.25, 0.3) is 0 Å². The van der Waals surface area contributed by atoms with Crippen LogP contribution in [-0.2, 0) is 0 Å². The normalized spacial score (nSPS) is 9.70. The van der Waals surface area contributed by atoms with E-state index >= 15 is 0 Å². The average Bonchev–Trinajstić information content (AvgIpc) is 2.53. The van der Waals surface area contributed by atoms with Crippen LogP contribution in [0.3, 0.4) is 0 Å². The molecule has 3 N–H and O–H groups in total. The highest BCUT2D eigenvalue weighted by Crippen LogP contribution is 2.34. The molecule has 0 atom stereocenters. The van der Waals surface area contributed by atoms with Crippen molar-refractivity contribution in [2.24, 2.45) is 5.84 Å². The van der Waals surface area contributed by atoms with E-state index in [9.17, 15) is 0 Å². The number of nitrogen functional groups attached to an aromatic ring is 1. The number of hydrazine groups is 1. The van der Waals surface area contributed by atoms with Crippen molar-refractivity contribution in [1.82, 2.24) is 9.97 Å². The minimum absolute atomic E-state index is 0.390. The molecule has 0 amide bonds. The summed E-state index contributed by atoms with van der Waals surface area (Å²) in [7, 11) is 3.34. The molecule has 2 rings (SSSR count). The third-order valence-electron chi connectivity index (χ3n) is 2.81. The van der Waals surface area contributed by atoms with Crippen molar-refractivity contribution in [2.45, 2.75) is 0 Å². The van der Waals surface area contributed by atoms with E-state index in [2.05, 4.69) is 21.5 Å². The molecule has 20 heavy (non-hydrogen) atoms. The smallest absolute Gasteiger partial charge is 0.206 e. The number of nitrogens with one attached hydrogen (secondary N) is 1. The lowest BCUT2D eigenvalue weighted by Gasteiger charge is -2.21. The summed E-state index contributed by atoms with van der Waals surface area (Å²) in [6.45, 7) is 0. The Morgan fingerprint density at radius 2 is 2.20 bits per heavy atom. The van der Waals surface area contributed by atoms with Gasteiger partial charge < -0.3 is 15.1 Å². The molecule has 2 aromatic rings. The Hall–Kier alpha value is -2.85. The molecule has 102 valence electrons. The van der Waals surface area contributed by atoms with Gasteiger partial charge in [0.25, 0.3) is 0 Å². The molecule has 0 aliphatic carbocycles. The number of nitriles is 1. The molecule has 1 heterocycles. The lowest BCUT2D eigenvalue weighted by atomic mass is 10.2. The molecular formula is C13H14N6O. The van der Waals surface area contributed by atoms with E-state index in [-0.39, 0.29) is 0 Å². The van der Waals surface area contributed by atoms with E-state index in [0.717, 1.165) is 5.69 Å². The number of benzene rings is 1. The predicted molar refractivity (Wildman–Crippen MR) is 75.6 cm³/mol. The molecule has 0 aliphatic rings. The standard InChI is InChI=1S/C13H14N6O/c1-19(10-5-3-4-9(6-10)7-14)13-11(20-2)12(18-15)16-8-17-13/h3-6,8H,15H2,1-2H3,(H,16,17,18). The van der Waals surface area contributed by atoms with Crippen molar-refractivity contribution in [3.05, 3.63) is 36.2 Å². The van der Waals surface area contributed by atoms with Gasteiger partial charge in [0.1, 0.15) is 6.33 Å². The van der Waals surface area contributed by atoms with Gasteiger partial charge in [0.2, 0.25) is 5.75 Å². The van der Waals surface area contributed by atoms with Crippen molar-refractivity contribution in [3.8, 4) is 11.8 Å². The minimum Gasteiger partial charge on any atom is -0.490 e. The monoisotopic (exact) mass is 270 g/mol. The summed E-state index contributed by atoms with van der Waals surface area (Å²) >= 11 is 0. The quantitative estimate of drug-likeness (QED) is 0.640. The SMILES string of the molecule is COc1c(NN)ncnc1N(C)c1cccc(C#N)c1. The third kappa shape index (κ3) is 2.46. The summed E-state index contributed by atoms with van der Waals surface area (Å²) < 4.78 is 5.29. The summed E-state index contributed by atoms with van der Waals surface area (Å²) in [4.78, 5) is 9.98. The molecule has 0 spiro atoms. The Morgan fingerprint density at radius 3 is 2.85 bits per heavy atom. The first kappa shape index (κ1) is 13.6. The number of anilines is 3. The number of hydrogen-bond acceptors (Lipinski definition) is 7. The zero-order valence-corrected chi connectivity index (χ0v) is 11.2. The fourth-order valence-electron chi connectivity index (χ4n) is 1.80. The number of rotatable bonds is 4. The van der Waals surface area contributed by atoms with Gasteiger partial charge in [0.05, 0.1) is 18.7 Å². The van der Waals surface area contributed by atoms with E-state index in [1.807, 2.05) is 13.1 Å². The summed E-state index contributed by atoms with van der Waals surface area (Å²) in [5.74, 6) is 6.76. The van der Waals surface area contributed by atoms with Gasteiger partial charge in [0.15, 0.2) is 11.6 Å². The van der Waals surface area contributed by atoms with Crippen molar-refractivity contribution < 1.29 is 4.74 Å². The number of ether oxygens (including phenoxy) is 1. The Bertz CT molecular complexity index is 652. The number of aromatic nitrogens is 2. The first-order valence-electron chi connectivity index (χ1n) is 5.80. The van der Waals surface area contributed by atoms with Crippen LogP contribution >= 0.6 is 0 Å². The third-order valence-corrected chi connectivity index (χ3v) is 2.81. The van der Waals surface area contributed by atoms with Crippen molar-refractivity contribution in [1.29, 1.82) is 5.26 Å². The maximum absolute atomic E-state index is 8.95. The van der Waals surface area contributed by atoms with Crippen molar-refractivity contribution in [2.75, 3.05) is 24.5 Å². The van der Waals surface area contributed by atoms with Crippen LogP contribution in [0.5, 0.6) is 5.75 Å². The Morgan fingerprint density at radius 1 is 1.40 bits per heavy atom. The number of methoxy groups -OCH3 is 1. The Balaban J connectivity index is 2.47. The van der Waals surface area contributed by atoms with Crippen LogP contribution in [0.15, 0.2) is 30.6 Å². The van der Waals surface area contributed by atoms with Crippen molar-refractivity contribution >= 4 is 17.3 Å². The van der Waals surface area contributed by atoms with Gasteiger partial charge in [-0.25, -0.2) is 15.8 Å². The van der Waals surface area contributed by atoms with Crippen LogP contribution in [0.4, 0.5) is 17.3 Å². The van der Waals surface area contributed by atoms with Crippen LogP contribution < -0.4 is 20.9 Å². The van der Waals surface area contributed by atoms with E-state index in [4.69, 9.17) is 15.8 Å². The summed E-state index contributed by atoms with van der Waals surface area (Å²) in [5.41, 5.74) is 3.84. The van der Waals surface area contributed by atoms with Crippen LogP contribution in [0.2, 0.25) is 0 Å². The van der Waals surface area contributed by atoms with E-state index in [1.165, 1.54) is 13.4 Å². The van der Waals surface area contributed by atoms with Crippen LogP contribution in [0.1, 0.15) is 5.56 Å². The highest BCUT2D eigenvalue weighted by molar-refractivity contribution is 5.71. The second-order valence-corrected chi connectivity index (χ2v) is 3.94. The molecular weight excluding hydrogens is 256 g/mol. The average molecular weight is 270 g/mol. The Kier molecular flexibility index (Phi) is 3.98. The minimum atomic E-state index is 0.390. The van der Waals surface area contributed by atoms with E-state index in [1.54, 1.807) is 23.1 Å². The number of nitrogens with two attached hydrogens (primary N) is 1. The van der Waals surface area contributed by atoms with Gasteiger partial charge in [0, 0.05) is 12.7 Å². The lowest BCUT2D eigenvalue weighted by molar-refractivity contribution is 0.414. The lowest BCUT2D eigenvalue weighted by Crippen LogP contribution is -2.16. The highest BCUT2D eigenvalue weighted by atomic mass is 16.5. The summed E-state index contributed by atoms with van der Waals surface area (Å²) in [6, 6.07) is 9.28. The Labute approximate surface area is 116 Å². The summed E-state index contributed by atoms with van der Waals surface area (Å²) in [5, 5.41) is 8.95. The molecule has 0 saturated heterocycles. The zero-order valence-electron chi connectivity index (χ0n) is 11.2. The van der Waals surface area contributed by atoms with Gasteiger partial charge in [-0.15, -0.1) is 0 Å². The van der Waals surface area contributed by atoms with Gasteiger partial charge in [-0.3, -0.25) is 0 Å². The topological polar surface area (TPSA) is 100 Å². The number of hydrogen-bond donors (Lipinski definition) is 2.